The van der Waals surface area contributed by atoms with Gasteiger partial charge in [0.1, 0.15) is 17.3 Å². The number of anilines is 2. The minimum Gasteiger partial charge on any atom is -0.278 e. The number of carbonyl (C=O) groups excluding carboxylic acids is 1. The largest absolute Gasteiger partial charge is 0.278 e. The molecule has 0 fully saturated rings. The lowest BCUT2D eigenvalue weighted by atomic mass is 9.87. The number of aromatic nitrogens is 4. The fourth-order valence-corrected chi connectivity index (χ4v) is 4.02. The lowest BCUT2D eigenvalue weighted by Crippen LogP contribution is -2.16. The number of amides is 1. The number of imidazole rings is 1. The molecular weight excluding hydrogens is 441 g/mol. The summed E-state index contributed by atoms with van der Waals surface area (Å²) in [6, 6.07) is 21.4. The number of hydrogen-bond donors (Lipinski definition) is 0. The van der Waals surface area contributed by atoms with Gasteiger partial charge in [-0.15, -0.1) is 0 Å². The first-order chi connectivity index (χ1) is 16.8. The molecule has 0 saturated carbocycles. The van der Waals surface area contributed by atoms with E-state index in [-0.39, 0.29) is 11.2 Å². The predicted molar refractivity (Wildman–Crippen MR) is 135 cm³/mol. The Morgan fingerprint density at radius 3 is 2.34 bits per heavy atom. The highest BCUT2D eigenvalue weighted by atomic mass is 19.1. The monoisotopic (exact) mass is 465 g/mol. The normalized spacial score (nSPS) is 11.5. The third-order valence-electron chi connectivity index (χ3n) is 5.89. The maximum Gasteiger partial charge on any atom is 0.219 e. The quantitative estimate of drug-likeness (QED) is 0.290. The maximum atomic E-state index is 13.6. The summed E-state index contributed by atoms with van der Waals surface area (Å²) in [5.74, 6) is 0.152. The zero-order valence-electron chi connectivity index (χ0n) is 19.7. The van der Waals surface area contributed by atoms with Gasteiger partial charge in [0.2, 0.25) is 6.41 Å². The number of fused-ring (bicyclic) bond motifs is 1. The first kappa shape index (κ1) is 22.4. The standard InChI is InChI=1S/C28H24FN5O/c1-28(2,3)21-8-12-23(13-9-21)33(18-35)25-17-20(14-16-30-25)27-26(19-6-10-22(29)11-7-19)32-24-5-4-15-31-34(24)27/h4-18H,1-3H3. The van der Waals surface area contributed by atoms with Crippen LogP contribution in [0.15, 0.2) is 85.2 Å². The van der Waals surface area contributed by atoms with Crippen molar-refractivity contribution in [3.8, 4) is 22.5 Å². The third kappa shape index (κ3) is 4.28. The Labute approximate surface area is 202 Å². The predicted octanol–water partition coefficient (Wildman–Crippen LogP) is 6.19. The Morgan fingerprint density at radius 1 is 0.914 bits per heavy atom. The SMILES string of the molecule is CC(C)(C)c1ccc(N(C=O)c2cc(-c3c(-c4ccc(F)cc4)nc4cccnn34)ccn2)cc1. The van der Waals surface area contributed by atoms with Crippen molar-refractivity contribution in [2.45, 2.75) is 26.2 Å². The lowest BCUT2D eigenvalue weighted by Gasteiger charge is -2.21. The molecule has 3 heterocycles. The highest BCUT2D eigenvalue weighted by Gasteiger charge is 2.20. The highest BCUT2D eigenvalue weighted by Crippen LogP contribution is 2.34. The third-order valence-corrected chi connectivity index (χ3v) is 5.89. The van der Waals surface area contributed by atoms with Crippen LogP contribution >= 0.6 is 0 Å². The van der Waals surface area contributed by atoms with Gasteiger partial charge in [-0.05, 0) is 71.6 Å². The summed E-state index contributed by atoms with van der Waals surface area (Å²) in [6.07, 6.45) is 4.09. The van der Waals surface area contributed by atoms with Crippen molar-refractivity contribution in [3.05, 3.63) is 96.6 Å². The van der Waals surface area contributed by atoms with Crippen LogP contribution in [-0.4, -0.2) is 26.0 Å². The smallest absolute Gasteiger partial charge is 0.219 e. The Hall–Kier alpha value is -4.39. The van der Waals surface area contributed by atoms with E-state index in [9.17, 15) is 9.18 Å². The van der Waals surface area contributed by atoms with Crippen LogP contribution in [0, 0.1) is 5.82 Å². The molecule has 5 aromatic rings. The molecule has 7 heteroatoms. The van der Waals surface area contributed by atoms with Gasteiger partial charge in [0.15, 0.2) is 5.65 Å². The topological polar surface area (TPSA) is 63.4 Å². The van der Waals surface area contributed by atoms with Gasteiger partial charge in [-0.2, -0.15) is 5.10 Å². The van der Waals surface area contributed by atoms with Crippen LogP contribution in [0.2, 0.25) is 0 Å². The number of nitrogens with zero attached hydrogens (tertiary/aromatic N) is 5. The Morgan fingerprint density at radius 2 is 1.66 bits per heavy atom. The molecule has 2 aromatic carbocycles. The van der Waals surface area contributed by atoms with Gasteiger partial charge in [0.05, 0.1) is 11.4 Å². The van der Waals surface area contributed by atoms with Gasteiger partial charge < -0.3 is 0 Å². The molecule has 0 aliphatic heterocycles. The van der Waals surface area contributed by atoms with E-state index in [0.29, 0.717) is 22.8 Å². The molecule has 35 heavy (non-hydrogen) atoms. The van der Waals surface area contributed by atoms with Gasteiger partial charge in [0, 0.05) is 23.5 Å². The summed E-state index contributed by atoms with van der Waals surface area (Å²) in [7, 11) is 0. The van der Waals surface area contributed by atoms with Crippen LogP contribution in [-0.2, 0) is 10.2 Å². The molecule has 0 bridgehead atoms. The van der Waals surface area contributed by atoms with E-state index in [0.717, 1.165) is 23.2 Å². The molecule has 0 atom stereocenters. The minimum absolute atomic E-state index is 0.00945. The molecule has 0 saturated heterocycles. The fraction of sp³-hybridized carbons (Fsp3) is 0.143. The second kappa shape index (κ2) is 8.76. The molecule has 1 amide bonds. The number of benzene rings is 2. The fourth-order valence-electron chi connectivity index (χ4n) is 4.02. The molecule has 0 aliphatic rings. The lowest BCUT2D eigenvalue weighted by molar-refractivity contribution is -0.106. The van der Waals surface area contributed by atoms with Crippen LogP contribution in [0.25, 0.3) is 28.2 Å². The summed E-state index contributed by atoms with van der Waals surface area (Å²) in [6.45, 7) is 6.44. The number of halogens is 1. The van der Waals surface area contributed by atoms with E-state index < -0.39 is 0 Å². The Bertz CT molecular complexity index is 1500. The molecule has 0 aliphatic carbocycles. The van der Waals surface area contributed by atoms with Crippen LogP contribution in [0.4, 0.5) is 15.9 Å². The average molecular weight is 466 g/mol. The van der Waals surface area contributed by atoms with Crippen molar-refractivity contribution in [1.82, 2.24) is 19.6 Å². The van der Waals surface area contributed by atoms with Gasteiger partial charge in [0.25, 0.3) is 0 Å². The van der Waals surface area contributed by atoms with Gasteiger partial charge in [-0.1, -0.05) is 32.9 Å². The van der Waals surface area contributed by atoms with Crippen molar-refractivity contribution in [2.24, 2.45) is 0 Å². The van der Waals surface area contributed by atoms with E-state index in [1.807, 2.05) is 48.5 Å². The summed E-state index contributed by atoms with van der Waals surface area (Å²) in [5, 5.41) is 4.48. The van der Waals surface area contributed by atoms with Crippen LogP contribution in [0.3, 0.4) is 0 Å². The van der Waals surface area contributed by atoms with E-state index in [4.69, 9.17) is 4.98 Å². The summed E-state index contributed by atoms with van der Waals surface area (Å²) in [4.78, 5) is 22.8. The van der Waals surface area contributed by atoms with E-state index in [2.05, 4.69) is 30.9 Å². The second-order valence-electron chi connectivity index (χ2n) is 9.28. The van der Waals surface area contributed by atoms with Crippen molar-refractivity contribution in [2.75, 3.05) is 4.90 Å². The molecule has 3 aromatic heterocycles. The average Bonchev–Trinajstić information content (AvgIpc) is 3.25. The number of rotatable bonds is 5. The molecular formula is C28H24FN5O. The summed E-state index contributed by atoms with van der Waals surface area (Å²) in [5.41, 5.74) is 5.48. The van der Waals surface area contributed by atoms with Crippen molar-refractivity contribution in [3.63, 3.8) is 0 Å². The summed E-state index contributed by atoms with van der Waals surface area (Å²) >= 11 is 0. The number of hydrogen-bond acceptors (Lipinski definition) is 4. The van der Waals surface area contributed by atoms with Crippen molar-refractivity contribution in [1.29, 1.82) is 0 Å². The first-order valence-corrected chi connectivity index (χ1v) is 11.3. The number of pyridine rings is 1. The van der Waals surface area contributed by atoms with Gasteiger partial charge in [-0.3, -0.25) is 9.69 Å². The highest BCUT2D eigenvalue weighted by molar-refractivity contribution is 5.88. The molecule has 0 N–H and O–H groups in total. The molecule has 5 rings (SSSR count). The van der Waals surface area contributed by atoms with Crippen molar-refractivity contribution >= 4 is 23.6 Å². The molecule has 174 valence electrons. The van der Waals surface area contributed by atoms with Crippen LogP contribution < -0.4 is 4.90 Å². The second-order valence-corrected chi connectivity index (χ2v) is 9.28. The zero-order valence-corrected chi connectivity index (χ0v) is 19.7. The summed E-state index contributed by atoms with van der Waals surface area (Å²) < 4.78 is 15.3. The Balaban J connectivity index is 1.62. The number of carbonyl (C=O) groups is 1. The van der Waals surface area contributed by atoms with Crippen LogP contribution in [0.1, 0.15) is 26.3 Å². The molecule has 0 spiro atoms. The first-order valence-electron chi connectivity index (χ1n) is 11.3. The van der Waals surface area contributed by atoms with Gasteiger partial charge in [-0.25, -0.2) is 18.9 Å². The Kier molecular flexibility index (Phi) is 5.61. The van der Waals surface area contributed by atoms with Gasteiger partial charge >= 0.3 is 0 Å². The van der Waals surface area contributed by atoms with Crippen molar-refractivity contribution < 1.29 is 9.18 Å². The molecule has 0 radical (unpaired) electrons. The minimum atomic E-state index is -0.317. The maximum absolute atomic E-state index is 13.6. The van der Waals surface area contributed by atoms with E-state index >= 15 is 0 Å². The molecule has 6 nitrogen and oxygen atoms in total. The van der Waals surface area contributed by atoms with Crippen LogP contribution in [0.5, 0.6) is 0 Å². The molecule has 0 unspecified atom stereocenters. The van der Waals surface area contributed by atoms with E-state index in [1.165, 1.54) is 22.6 Å². The van der Waals surface area contributed by atoms with E-state index in [1.54, 1.807) is 29.0 Å². The zero-order chi connectivity index (χ0) is 24.6.